The summed E-state index contributed by atoms with van der Waals surface area (Å²) in [6.45, 7) is 4.75. The lowest BCUT2D eigenvalue weighted by Crippen LogP contribution is -2.37. The molecule has 3 heteroatoms. The first kappa shape index (κ1) is 12.9. The summed E-state index contributed by atoms with van der Waals surface area (Å²) in [5.41, 5.74) is 8.01. The van der Waals surface area contributed by atoms with Crippen LogP contribution in [0.4, 0.5) is 5.69 Å². The molecular formula is C16H25N3. The highest BCUT2D eigenvalue weighted by Crippen LogP contribution is 2.32. The Balaban J connectivity index is 1.73. The summed E-state index contributed by atoms with van der Waals surface area (Å²) >= 11 is 0. The molecule has 0 spiro atoms. The van der Waals surface area contributed by atoms with Crippen LogP contribution in [0, 0.1) is 0 Å². The Morgan fingerprint density at radius 2 is 1.79 bits per heavy atom. The van der Waals surface area contributed by atoms with Gasteiger partial charge in [0, 0.05) is 36.9 Å². The van der Waals surface area contributed by atoms with E-state index in [1.165, 1.54) is 37.9 Å². The average molecular weight is 259 g/mol. The molecular weight excluding hydrogens is 234 g/mol. The van der Waals surface area contributed by atoms with Crippen LogP contribution < -0.4 is 5.73 Å². The summed E-state index contributed by atoms with van der Waals surface area (Å²) in [6.07, 6.45) is 4.07. The summed E-state index contributed by atoms with van der Waals surface area (Å²) in [7, 11) is 2.31. The zero-order valence-corrected chi connectivity index (χ0v) is 12.0. The quantitative estimate of drug-likeness (QED) is 0.828. The van der Waals surface area contributed by atoms with Gasteiger partial charge in [0.05, 0.1) is 0 Å². The van der Waals surface area contributed by atoms with Crippen molar-refractivity contribution in [2.45, 2.75) is 44.3 Å². The molecule has 3 nitrogen and oxygen atoms in total. The standard InChI is InChI=1S/C16H25N3/c1-12(13-3-5-14(17)6-4-13)19-10-9-15-7-8-16(11-19)18(15)2/h3-6,12,15-16H,7-11,17H2,1-2H3. The molecule has 19 heavy (non-hydrogen) atoms. The zero-order valence-electron chi connectivity index (χ0n) is 12.0. The van der Waals surface area contributed by atoms with Crippen LogP contribution in [0.15, 0.2) is 24.3 Å². The number of anilines is 1. The molecule has 2 saturated heterocycles. The van der Waals surface area contributed by atoms with E-state index in [9.17, 15) is 0 Å². The number of rotatable bonds is 2. The maximum Gasteiger partial charge on any atom is 0.0320 e. The highest BCUT2D eigenvalue weighted by atomic mass is 15.3. The van der Waals surface area contributed by atoms with Gasteiger partial charge in [-0.15, -0.1) is 0 Å². The smallest absolute Gasteiger partial charge is 0.0320 e. The number of benzene rings is 1. The van der Waals surface area contributed by atoms with Crippen molar-refractivity contribution in [2.75, 3.05) is 25.9 Å². The number of nitrogen functional groups attached to an aromatic ring is 1. The predicted molar refractivity (Wildman–Crippen MR) is 80.0 cm³/mol. The predicted octanol–water partition coefficient (Wildman–Crippen LogP) is 2.50. The number of likely N-dealkylation sites (tertiary alicyclic amines) is 1. The van der Waals surface area contributed by atoms with Crippen LogP contribution in [0.25, 0.3) is 0 Å². The van der Waals surface area contributed by atoms with Gasteiger partial charge in [0.15, 0.2) is 0 Å². The van der Waals surface area contributed by atoms with E-state index in [2.05, 4.69) is 35.9 Å². The van der Waals surface area contributed by atoms with Crippen LogP contribution >= 0.6 is 0 Å². The molecule has 1 aromatic carbocycles. The van der Waals surface area contributed by atoms with E-state index < -0.39 is 0 Å². The minimum absolute atomic E-state index is 0.494. The van der Waals surface area contributed by atoms with Crippen molar-refractivity contribution >= 4 is 5.69 Å². The van der Waals surface area contributed by atoms with Crippen molar-refractivity contribution in [2.24, 2.45) is 0 Å². The second-order valence-corrected chi connectivity index (χ2v) is 6.18. The fraction of sp³-hybridized carbons (Fsp3) is 0.625. The van der Waals surface area contributed by atoms with Gasteiger partial charge in [-0.05, 0) is 50.9 Å². The third kappa shape index (κ3) is 2.49. The molecule has 0 saturated carbocycles. The fourth-order valence-corrected chi connectivity index (χ4v) is 3.67. The fourth-order valence-electron chi connectivity index (χ4n) is 3.67. The number of hydrogen-bond donors (Lipinski definition) is 1. The van der Waals surface area contributed by atoms with Crippen molar-refractivity contribution in [3.8, 4) is 0 Å². The summed E-state index contributed by atoms with van der Waals surface area (Å²) in [5.74, 6) is 0. The number of nitrogens with two attached hydrogens (primary N) is 1. The lowest BCUT2D eigenvalue weighted by molar-refractivity contribution is 0.181. The first-order valence-corrected chi connectivity index (χ1v) is 7.46. The summed E-state index contributed by atoms with van der Waals surface area (Å²) in [5, 5.41) is 0. The van der Waals surface area contributed by atoms with E-state index in [0.29, 0.717) is 6.04 Å². The molecule has 2 fully saturated rings. The number of nitrogens with zero attached hydrogens (tertiary/aromatic N) is 2. The minimum atomic E-state index is 0.494. The summed E-state index contributed by atoms with van der Waals surface area (Å²) in [6, 6.07) is 10.4. The van der Waals surface area contributed by atoms with Crippen molar-refractivity contribution in [1.29, 1.82) is 0 Å². The number of hydrogen-bond acceptors (Lipinski definition) is 3. The molecule has 3 unspecified atom stereocenters. The van der Waals surface area contributed by atoms with Crippen molar-refractivity contribution in [1.82, 2.24) is 9.80 Å². The molecule has 0 radical (unpaired) electrons. The number of likely N-dealkylation sites (N-methyl/N-ethyl adjacent to an activating group) is 1. The number of fused-ring (bicyclic) bond motifs is 2. The molecule has 3 rings (SSSR count). The Bertz CT molecular complexity index is 428. The van der Waals surface area contributed by atoms with Crippen molar-refractivity contribution in [3.05, 3.63) is 29.8 Å². The van der Waals surface area contributed by atoms with Gasteiger partial charge in [0.2, 0.25) is 0 Å². The lowest BCUT2D eigenvalue weighted by atomic mass is 10.0. The van der Waals surface area contributed by atoms with Crippen molar-refractivity contribution in [3.63, 3.8) is 0 Å². The SMILES string of the molecule is CC(c1ccc(N)cc1)N1CCC2CCC(C1)N2C. The summed E-state index contributed by atoms with van der Waals surface area (Å²) < 4.78 is 0. The highest BCUT2D eigenvalue weighted by Gasteiger charge is 2.35. The molecule has 0 aliphatic carbocycles. The maximum absolute atomic E-state index is 5.78. The Morgan fingerprint density at radius 1 is 1.11 bits per heavy atom. The monoisotopic (exact) mass is 259 g/mol. The third-order valence-corrected chi connectivity index (χ3v) is 5.15. The molecule has 2 N–H and O–H groups in total. The lowest BCUT2D eigenvalue weighted by Gasteiger charge is -2.31. The van der Waals surface area contributed by atoms with Crippen LogP contribution in [0.2, 0.25) is 0 Å². The first-order valence-electron chi connectivity index (χ1n) is 7.46. The van der Waals surface area contributed by atoms with E-state index >= 15 is 0 Å². The molecule has 3 atom stereocenters. The molecule has 2 bridgehead atoms. The normalized spacial score (nSPS) is 30.2. The van der Waals surface area contributed by atoms with E-state index in [1.54, 1.807) is 0 Å². The van der Waals surface area contributed by atoms with Gasteiger partial charge in [-0.2, -0.15) is 0 Å². The van der Waals surface area contributed by atoms with E-state index in [1.807, 2.05) is 12.1 Å². The van der Waals surface area contributed by atoms with Gasteiger partial charge >= 0.3 is 0 Å². The van der Waals surface area contributed by atoms with E-state index in [-0.39, 0.29) is 0 Å². The largest absolute Gasteiger partial charge is 0.399 e. The molecule has 104 valence electrons. The van der Waals surface area contributed by atoms with Crippen molar-refractivity contribution < 1.29 is 0 Å². The van der Waals surface area contributed by atoms with Crippen LogP contribution in [0.1, 0.15) is 37.8 Å². The van der Waals surface area contributed by atoms with Crippen LogP contribution in [-0.4, -0.2) is 42.0 Å². The van der Waals surface area contributed by atoms with Crippen LogP contribution in [0.5, 0.6) is 0 Å². The average Bonchev–Trinajstić information content (AvgIpc) is 2.63. The van der Waals surface area contributed by atoms with Gasteiger partial charge < -0.3 is 5.73 Å². The molecule has 2 aliphatic rings. The van der Waals surface area contributed by atoms with Gasteiger partial charge in [-0.25, -0.2) is 0 Å². The molecule has 2 aliphatic heterocycles. The van der Waals surface area contributed by atoms with Crippen LogP contribution in [-0.2, 0) is 0 Å². The highest BCUT2D eigenvalue weighted by molar-refractivity contribution is 5.40. The zero-order chi connectivity index (χ0) is 13.4. The third-order valence-electron chi connectivity index (χ3n) is 5.15. The molecule has 0 amide bonds. The Kier molecular flexibility index (Phi) is 3.50. The first-order chi connectivity index (χ1) is 9.15. The Morgan fingerprint density at radius 3 is 2.53 bits per heavy atom. The second kappa shape index (κ2) is 5.14. The van der Waals surface area contributed by atoms with Gasteiger partial charge in [0.25, 0.3) is 0 Å². The van der Waals surface area contributed by atoms with Crippen LogP contribution in [0.3, 0.4) is 0 Å². The Hall–Kier alpha value is -1.06. The van der Waals surface area contributed by atoms with E-state index in [0.717, 1.165) is 17.8 Å². The summed E-state index contributed by atoms with van der Waals surface area (Å²) in [4.78, 5) is 5.25. The topological polar surface area (TPSA) is 32.5 Å². The molecule has 0 aromatic heterocycles. The van der Waals surface area contributed by atoms with Gasteiger partial charge in [-0.1, -0.05) is 12.1 Å². The second-order valence-electron chi connectivity index (χ2n) is 6.18. The molecule has 2 heterocycles. The maximum atomic E-state index is 5.78. The van der Waals surface area contributed by atoms with Gasteiger partial charge in [0.1, 0.15) is 0 Å². The Labute approximate surface area is 116 Å². The minimum Gasteiger partial charge on any atom is -0.399 e. The van der Waals surface area contributed by atoms with Gasteiger partial charge in [-0.3, -0.25) is 9.80 Å². The molecule has 1 aromatic rings. The van der Waals surface area contributed by atoms with E-state index in [4.69, 9.17) is 5.73 Å².